The minimum absolute atomic E-state index is 0.0438. The number of hydrogen-bond donors (Lipinski definition) is 2. The lowest BCUT2D eigenvalue weighted by Crippen LogP contribution is -2.12. The summed E-state index contributed by atoms with van der Waals surface area (Å²) in [5.74, 6) is 0.0438. The Balaban J connectivity index is 2.40. The van der Waals surface area contributed by atoms with Crippen molar-refractivity contribution in [3.8, 4) is 0 Å². The van der Waals surface area contributed by atoms with Crippen LogP contribution in [0.5, 0.6) is 0 Å². The molecule has 0 bridgehead atoms. The largest absolute Gasteiger partial charge is 0.330 e. The Kier molecular flexibility index (Phi) is 6.84. The smallest absolute Gasteiger partial charge is 0.224 e. The third-order valence-electron chi connectivity index (χ3n) is 2.31. The van der Waals surface area contributed by atoms with Crippen LogP contribution in [-0.2, 0) is 4.79 Å². The van der Waals surface area contributed by atoms with Gasteiger partial charge in [-0.3, -0.25) is 4.79 Å². The molecular formula is C12H16ClIN2O. The molecule has 3 N–H and O–H groups in total. The van der Waals surface area contributed by atoms with Crippen LogP contribution in [0.3, 0.4) is 0 Å². The fourth-order valence-electron chi connectivity index (χ4n) is 1.41. The van der Waals surface area contributed by atoms with E-state index in [-0.39, 0.29) is 5.91 Å². The van der Waals surface area contributed by atoms with E-state index in [2.05, 4.69) is 27.9 Å². The molecule has 0 spiro atoms. The number of amides is 1. The van der Waals surface area contributed by atoms with Gasteiger partial charge < -0.3 is 11.1 Å². The summed E-state index contributed by atoms with van der Waals surface area (Å²) in [5.41, 5.74) is 6.21. The number of benzene rings is 1. The van der Waals surface area contributed by atoms with Crippen LogP contribution in [0.15, 0.2) is 18.2 Å². The number of nitrogens with one attached hydrogen (secondary N) is 1. The molecule has 0 aliphatic rings. The summed E-state index contributed by atoms with van der Waals surface area (Å²) < 4.78 is 0.949. The average Bonchev–Trinajstić information content (AvgIpc) is 2.28. The van der Waals surface area contributed by atoms with E-state index in [1.165, 1.54) is 0 Å². The molecule has 1 aromatic carbocycles. The molecule has 5 heteroatoms. The van der Waals surface area contributed by atoms with Crippen molar-refractivity contribution in [2.45, 2.75) is 25.7 Å². The first-order valence-corrected chi connectivity index (χ1v) is 7.04. The molecule has 17 heavy (non-hydrogen) atoms. The lowest BCUT2D eigenvalue weighted by Gasteiger charge is -2.07. The number of carbonyl (C=O) groups excluding carboxylic acids is 1. The molecule has 0 aliphatic carbocycles. The zero-order valence-corrected chi connectivity index (χ0v) is 12.4. The number of halogens is 2. The monoisotopic (exact) mass is 366 g/mol. The van der Waals surface area contributed by atoms with Crippen molar-refractivity contribution in [1.29, 1.82) is 0 Å². The fraction of sp³-hybridized carbons (Fsp3) is 0.417. The molecule has 94 valence electrons. The van der Waals surface area contributed by atoms with Crippen LogP contribution in [0.1, 0.15) is 25.7 Å². The quantitative estimate of drug-likeness (QED) is 0.599. The molecule has 1 aromatic rings. The van der Waals surface area contributed by atoms with Gasteiger partial charge in [-0.2, -0.15) is 0 Å². The molecule has 3 nitrogen and oxygen atoms in total. The van der Waals surface area contributed by atoms with Gasteiger partial charge in [0.2, 0.25) is 5.91 Å². The summed E-state index contributed by atoms with van der Waals surface area (Å²) in [6.45, 7) is 0.691. The summed E-state index contributed by atoms with van der Waals surface area (Å²) in [4.78, 5) is 11.6. The Bertz CT molecular complexity index is 385. The van der Waals surface area contributed by atoms with Crippen molar-refractivity contribution in [1.82, 2.24) is 0 Å². The van der Waals surface area contributed by atoms with E-state index >= 15 is 0 Å². The van der Waals surface area contributed by atoms with Gasteiger partial charge in [0.15, 0.2) is 0 Å². The van der Waals surface area contributed by atoms with Crippen LogP contribution in [-0.4, -0.2) is 12.5 Å². The van der Waals surface area contributed by atoms with Gasteiger partial charge in [-0.25, -0.2) is 0 Å². The number of anilines is 1. The molecule has 0 radical (unpaired) electrons. The molecule has 0 aliphatic heterocycles. The molecule has 0 saturated heterocycles. The normalized spacial score (nSPS) is 10.3. The van der Waals surface area contributed by atoms with E-state index in [4.69, 9.17) is 17.3 Å². The van der Waals surface area contributed by atoms with E-state index in [0.29, 0.717) is 18.0 Å². The van der Waals surface area contributed by atoms with Crippen molar-refractivity contribution in [2.24, 2.45) is 5.73 Å². The Morgan fingerprint density at radius 2 is 2.12 bits per heavy atom. The van der Waals surface area contributed by atoms with Gasteiger partial charge in [-0.1, -0.05) is 18.0 Å². The molecule has 0 aromatic heterocycles. The van der Waals surface area contributed by atoms with Gasteiger partial charge in [-0.05, 0) is 60.2 Å². The summed E-state index contributed by atoms with van der Waals surface area (Å²) in [6, 6.07) is 5.42. The number of unbranched alkanes of at least 4 members (excludes halogenated alkanes) is 2. The van der Waals surface area contributed by atoms with Gasteiger partial charge in [0, 0.05) is 15.0 Å². The lowest BCUT2D eigenvalue weighted by molar-refractivity contribution is -0.116. The minimum Gasteiger partial charge on any atom is -0.330 e. The number of hydrogen-bond acceptors (Lipinski definition) is 2. The predicted octanol–water partition coefficient (Wildman–Crippen LogP) is 3.40. The van der Waals surface area contributed by atoms with Crippen LogP contribution in [0.2, 0.25) is 5.02 Å². The average molecular weight is 367 g/mol. The van der Waals surface area contributed by atoms with E-state index in [1.54, 1.807) is 6.07 Å². The van der Waals surface area contributed by atoms with Gasteiger partial charge in [0.25, 0.3) is 0 Å². The maximum atomic E-state index is 11.6. The highest BCUT2D eigenvalue weighted by atomic mass is 127. The van der Waals surface area contributed by atoms with Gasteiger partial charge in [-0.15, -0.1) is 0 Å². The van der Waals surface area contributed by atoms with Crippen molar-refractivity contribution in [2.75, 3.05) is 11.9 Å². The zero-order valence-electron chi connectivity index (χ0n) is 9.51. The second-order valence-electron chi connectivity index (χ2n) is 3.77. The summed E-state index contributed by atoms with van der Waals surface area (Å²) in [6.07, 6.45) is 3.40. The number of nitrogens with two attached hydrogens (primary N) is 1. The van der Waals surface area contributed by atoms with Crippen molar-refractivity contribution in [3.05, 3.63) is 26.8 Å². The van der Waals surface area contributed by atoms with Crippen LogP contribution in [0, 0.1) is 3.57 Å². The first-order valence-electron chi connectivity index (χ1n) is 5.58. The second-order valence-corrected chi connectivity index (χ2v) is 5.37. The Morgan fingerprint density at radius 1 is 1.35 bits per heavy atom. The molecule has 0 saturated carbocycles. The van der Waals surface area contributed by atoms with Crippen LogP contribution in [0.25, 0.3) is 0 Å². The first-order chi connectivity index (χ1) is 8.13. The standard InChI is InChI=1S/C12H16ClIN2O/c13-9-5-6-11(10(14)8-9)16-12(17)4-2-1-3-7-15/h5-6,8H,1-4,7,15H2,(H,16,17). The number of carbonyl (C=O) groups is 1. The molecule has 0 heterocycles. The molecule has 0 unspecified atom stereocenters. The Hall–Kier alpha value is -0.330. The van der Waals surface area contributed by atoms with E-state index in [0.717, 1.165) is 28.5 Å². The van der Waals surface area contributed by atoms with E-state index in [9.17, 15) is 4.79 Å². The third kappa shape index (κ3) is 5.70. The first kappa shape index (κ1) is 14.7. The molecule has 1 amide bonds. The highest BCUT2D eigenvalue weighted by molar-refractivity contribution is 14.1. The maximum Gasteiger partial charge on any atom is 0.224 e. The number of rotatable bonds is 6. The fourth-order valence-corrected chi connectivity index (χ4v) is 2.42. The van der Waals surface area contributed by atoms with Gasteiger partial charge in [0.1, 0.15) is 0 Å². The van der Waals surface area contributed by atoms with Crippen molar-refractivity contribution < 1.29 is 4.79 Å². The Labute approximate surface area is 120 Å². The molecule has 0 atom stereocenters. The zero-order chi connectivity index (χ0) is 12.7. The molecule has 0 fully saturated rings. The lowest BCUT2D eigenvalue weighted by atomic mass is 10.2. The maximum absolute atomic E-state index is 11.6. The van der Waals surface area contributed by atoms with Crippen LogP contribution >= 0.6 is 34.2 Å². The highest BCUT2D eigenvalue weighted by Gasteiger charge is 2.05. The van der Waals surface area contributed by atoms with E-state index in [1.807, 2.05) is 12.1 Å². The predicted molar refractivity (Wildman–Crippen MR) is 80.3 cm³/mol. The SMILES string of the molecule is NCCCCCC(=O)Nc1ccc(Cl)cc1I. The Morgan fingerprint density at radius 3 is 2.76 bits per heavy atom. The van der Waals surface area contributed by atoms with Gasteiger partial charge >= 0.3 is 0 Å². The van der Waals surface area contributed by atoms with E-state index < -0.39 is 0 Å². The van der Waals surface area contributed by atoms with Crippen LogP contribution in [0.4, 0.5) is 5.69 Å². The molecule has 1 rings (SSSR count). The van der Waals surface area contributed by atoms with Crippen molar-refractivity contribution in [3.63, 3.8) is 0 Å². The topological polar surface area (TPSA) is 55.1 Å². The summed E-state index contributed by atoms with van der Waals surface area (Å²) in [7, 11) is 0. The highest BCUT2D eigenvalue weighted by Crippen LogP contribution is 2.22. The summed E-state index contributed by atoms with van der Waals surface area (Å²) in [5, 5.41) is 3.55. The summed E-state index contributed by atoms with van der Waals surface area (Å²) >= 11 is 8.00. The molecular weight excluding hydrogens is 351 g/mol. The van der Waals surface area contributed by atoms with Crippen LogP contribution < -0.4 is 11.1 Å². The minimum atomic E-state index is 0.0438. The second kappa shape index (κ2) is 7.89. The third-order valence-corrected chi connectivity index (χ3v) is 3.44. The van der Waals surface area contributed by atoms with Gasteiger partial charge in [0.05, 0.1) is 5.69 Å². The van der Waals surface area contributed by atoms with Crippen molar-refractivity contribution >= 4 is 45.8 Å².